The number of nitrogens with zero attached hydrogens (tertiary/aromatic N) is 2. The van der Waals surface area contributed by atoms with Crippen LogP contribution in [0.15, 0.2) is 10.7 Å². The molecule has 0 aromatic carbocycles. The summed E-state index contributed by atoms with van der Waals surface area (Å²) in [6.45, 7) is 4.72. The highest BCUT2D eigenvalue weighted by atomic mass is 16.4. The van der Waals surface area contributed by atoms with E-state index in [0.29, 0.717) is 12.6 Å². The van der Waals surface area contributed by atoms with Crippen LogP contribution in [-0.4, -0.2) is 17.4 Å². The van der Waals surface area contributed by atoms with Gasteiger partial charge >= 0.3 is 6.01 Å². The first kappa shape index (κ1) is 13.1. The maximum absolute atomic E-state index is 12.5. The number of aromatic nitrogens is 1. The number of aryl methyl sites for hydroxylation is 1. The average molecular weight is 250 g/mol. The summed E-state index contributed by atoms with van der Waals surface area (Å²) in [5.41, 5.74) is 0.825. The van der Waals surface area contributed by atoms with Crippen molar-refractivity contribution in [3.05, 3.63) is 12.0 Å². The van der Waals surface area contributed by atoms with Crippen LogP contribution in [0.25, 0.3) is 0 Å². The minimum atomic E-state index is 0.175. The molecule has 0 N–H and O–H groups in total. The van der Waals surface area contributed by atoms with E-state index < -0.39 is 0 Å². The predicted molar refractivity (Wildman–Crippen MR) is 70.5 cm³/mol. The average Bonchev–Trinajstić information content (AvgIpc) is 3.00. The fourth-order valence-corrected chi connectivity index (χ4v) is 2.48. The molecular weight excluding hydrogens is 228 g/mol. The molecule has 100 valence electrons. The molecule has 0 aliphatic heterocycles. The molecule has 0 atom stereocenters. The lowest BCUT2D eigenvalue weighted by Crippen LogP contribution is -2.36. The first-order valence-corrected chi connectivity index (χ1v) is 6.96. The van der Waals surface area contributed by atoms with Gasteiger partial charge in [0.05, 0.1) is 5.69 Å². The number of hydrogen-bond acceptors (Lipinski definition) is 3. The molecule has 4 heteroatoms. The van der Waals surface area contributed by atoms with Gasteiger partial charge in [-0.15, -0.1) is 0 Å². The van der Waals surface area contributed by atoms with E-state index in [4.69, 9.17) is 4.42 Å². The van der Waals surface area contributed by atoms with Crippen LogP contribution in [0.1, 0.15) is 51.1 Å². The number of carbonyl (C=O) groups is 1. The number of anilines is 1. The smallest absolute Gasteiger partial charge is 0.304 e. The SMILES string of the molecule is CCCCN(C(=O)C1CCCC1)c1nc(C)co1. The van der Waals surface area contributed by atoms with Crippen LogP contribution in [-0.2, 0) is 4.79 Å². The molecule has 1 amide bonds. The quantitative estimate of drug-likeness (QED) is 0.805. The summed E-state index contributed by atoms with van der Waals surface area (Å²) in [5.74, 6) is 0.372. The first-order valence-electron chi connectivity index (χ1n) is 6.96. The van der Waals surface area contributed by atoms with Gasteiger partial charge in [0.2, 0.25) is 5.91 Å². The molecule has 18 heavy (non-hydrogen) atoms. The van der Waals surface area contributed by atoms with Crippen molar-refractivity contribution >= 4 is 11.9 Å². The third-order valence-electron chi connectivity index (χ3n) is 3.54. The van der Waals surface area contributed by atoms with E-state index in [9.17, 15) is 4.79 Å². The van der Waals surface area contributed by atoms with Crippen LogP contribution in [0.4, 0.5) is 6.01 Å². The van der Waals surface area contributed by atoms with Crippen LogP contribution < -0.4 is 4.90 Å². The van der Waals surface area contributed by atoms with Gasteiger partial charge in [-0.2, -0.15) is 4.98 Å². The minimum Gasteiger partial charge on any atom is -0.431 e. The lowest BCUT2D eigenvalue weighted by atomic mass is 10.1. The van der Waals surface area contributed by atoms with Crippen molar-refractivity contribution in [3.8, 4) is 0 Å². The van der Waals surface area contributed by atoms with Gasteiger partial charge in [0.25, 0.3) is 0 Å². The van der Waals surface area contributed by atoms with Crippen molar-refractivity contribution < 1.29 is 9.21 Å². The second-order valence-corrected chi connectivity index (χ2v) is 5.10. The Bertz CT molecular complexity index is 394. The van der Waals surface area contributed by atoms with Crippen molar-refractivity contribution in [2.45, 2.75) is 52.4 Å². The molecular formula is C14H22N2O2. The molecule has 1 aromatic rings. The Morgan fingerprint density at radius 2 is 2.22 bits per heavy atom. The van der Waals surface area contributed by atoms with Crippen molar-refractivity contribution in [3.63, 3.8) is 0 Å². The molecule has 1 saturated carbocycles. The summed E-state index contributed by atoms with van der Waals surface area (Å²) in [6.07, 6.45) is 8.03. The third kappa shape index (κ3) is 2.92. The van der Waals surface area contributed by atoms with E-state index in [2.05, 4.69) is 11.9 Å². The van der Waals surface area contributed by atoms with Gasteiger partial charge in [0, 0.05) is 12.5 Å². The van der Waals surface area contributed by atoms with Crippen molar-refractivity contribution in [2.24, 2.45) is 5.92 Å². The Morgan fingerprint density at radius 3 is 2.78 bits per heavy atom. The molecule has 0 bridgehead atoms. The highest BCUT2D eigenvalue weighted by molar-refractivity contribution is 5.93. The van der Waals surface area contributed by atoms with Crippen LogP contribution in [0.5, 0.6) is 0 Å². The second-order valence-electron chi connectivity index (χ2n) is 5.10. The monoisotopic (exact) mass is 250 g/mol. The fraction of sp³-hybridized carbons (Fsp3) is 0.714. The zero-order valence-corrected chi connectivity index (χ0v) is 11.3. The Hall–Kier alpha value is -1.32. The summed E-state index contributed by atoms with van der Waals surface area (Å²) >= 11 is 0. The zero-order chi connectivity index (χ0) is 13.0. The van der Waals surface area contributed by atoms with Crippen molar-refractivity contribution in [1.29, 1.82) is 0 Å². The number of rotatable bonds is 5. The second kappa shape index (κ2) is 6.03. The van der Waals surface area contributed by atoms with Gasteiger partial charge in [0.1, 0.15) is 6.26 Å². The van der Waals surface area contributed by atoms with Gasteiger partial charge in [-0.1, -0.05) is 26.2 Å². The maximum atomic E-state index is 12.5. The molecule has 1 heterocycles. The zero-order valence-electron chi connectivity index (χ0n) is 11.3. The summed E-state index contributed by atoms with van der Waals surface area (Å²) in [6, 6.07) is 0.470. The highest BCUT2D eigenvalue weighted by Gasteiger charge is 2.29. The Kier molecular flexibility index (Phi) is 4.39. The lowest BCUT2D eigenvalue weighted by Gasteiger charge is -2.21. The van der Waals surface area contributed by atoms with E-state index >= 15 is 0 Å². The van der Waals surface area contributed by atoms with Crippen LogP contribution in [0.2, 0.25) is 0 Å². The molecule has 2 rings (SSSR count). The molecule has 1 aromatic heterocycles. The minimum absolute atomic E-state index is 0.175. The van der Waals surface area contributed by atoms with Crippen LogP contribution >= 0.6 is 0 Å². The highest BCUT2D eigenvalue weighted by Crippen LogP contribution is 2.28. The summed E-state index contributed by atoms with van der Waals surface area (Å²) < 4.78 is 5.40. The summed E-state index contributed by atoms with van der Waals surface area (Å²) in [7, 11) is 0. The number of amides is 1. The standard InChI is InChI=1S/C14H22N2O2/c1-3-4-9-16(14-15-11(2)10-18-14)13(17)12-7-5-6-8-12/h10,12H,3-9H2,1-2H3. The van der Waals surface area contributed by atoms with Crippen molar-refractivity contribution in [1.82, 2.24) is 4.98 Å². The number of unbranched alkanes of at least 4 members (excludes halogenated alkanes) is 1. The molecule has 0 spiro atoms. The third-order valence-corrected chi connectivity index (χ3v) is 3.54. The van der Waals surface area contributed by atoms with Gasteiger partial charge in [0.15, 0.2) is 0 Å². The molecule has 1 fully saturated rings. The number of oxazole rings is 1. The Balaban J connectivity index is 2.10. The topological polar surface area (TPSA) is 46.3 Å². The lowest BCUT2D eigenvalue weighted by molar-refractivity contribution is -0.122. The molecule has 0 saturated heterocycles. The van der Waals surface area contributed by atoms with E-state index in [-0.39, 0.29) is 11.8 Å². The van der Waals surface area contributed by atoms with Gasteiger partial charge in [-0.25, -0.2) is 0 Å². The maximum Gasteiger partial charge on any atom is 0.304 e. The van der Waals surface area contributed by atoms with Crippen LogP contribution in [0, 0.1) is 12.8 Å². The first-order chi connectivity index (χ1) is 8.72. The summed E-state index contributed by atoms with van der Waals surface area (Å²) in [4.78, 5) is 18.5. The van der Waals surface area contributed by atoms with Gasteiger partial charge < -0.3 is 4.42 Å². The molecule has 4 nitrogen and oxygen atoms in total. The Labute approximate surface area is 108 Å². The summed E-state index contributed by atoms with van der Waals surface area (Å²) in [5, 5.41) is 0. The van der Waals surface area contributed by atoms with E-state index in [1.54, 1.807) is 11.2 Å². The van der Waals surface area contributed by atoms with E-state index in [0.717, 1.165) is 31.4 Å². The predicted octanol–water partition coefficient (Wildman–Crippen LogP) is 3.31. The molecule has 1 aliphatic carbocycles. The number of hydrogen-bond donors (Lipinski definition) is 0. The molecule has 0 radical (unpaired) electrons. The van der Waals surface area contributed by atoms with Crippen molar-refractivity contribution in [2.75, 3.05) is 11.4 Å². The fourth-order valence-electron chi connectivity index (χ4n) is 2.48. The van der Waals surface area contributed by atoms with E-state index in [1.165, 1.54) is 12.8 Å². The normalized spacial score (nSPS) is 16.1. The molecule has 0 unspecified atom stereocenters. The van der Waals surface area contributed by atoms with E-state index in [1.807, 2.05) is 6.92 Å². The van der Waals surface area contributed by atoms with Crippen LogP contribution in [0.3, 0.4) is 0 Å². The molecule has 1 aliphatic rings. The largest absolute Gasteiger partial charge is 0.431 e. The Morgan fingerprint density at radius 1 is 1.50 bits per heavy atom. The number of carbonyl (C=O) groups excluding carboxylic acids is 1. The van der Waals surface area contributed by atoms with Gasteiger partial charge in [-0.3, -0.25) is 9.69 Å². The van der Waals surface area contributed by atoms with Gasteiger partial charge in [-0.05, 0) is 26.2 Å².